The molecule has 0 amide bonds. The zero-order valence-electron chi connectivity index (χ0n) is 11.0. The number of hydrogen-bond donors (Lipinski definition) is 0. The lowest BCUT2D eigenvalue weighted by atomic mass is 9.87. The molecule has 1 aromatic carbocycles. The minimum atomic E-state index is -0.435. The molecule has 1 heterocycles. The average molecular weight is 234 g/mol. The molecule has 0 radical (unpaired) electrons. The molecule has 17 heavy (non-hydrogen) atoms. The van der Waals surface area contributed by atoms with Crippen LogP contribution in [0.4, 0.5) is 0 Å². The minimum Gasteiger partial charge on any atom is -0.480 e. The summed E-state index contributed by atoms with van der Waals surface area (Å²) in [6, 6.07) is 5.30. The fraction of sp³-hybridized carbons (Fsp3) is 0.500. The van der Waals surface area contributed by atoms with Gasteiger partial charge in [-0.25, -0.2) is 0 Å². The molecule has 0 fully saturated rings. The number of benzene rings is 1. The zero-order valence-corrected chi connectivity index (χ0v) is 11.0. The Kier molecular flexibility index (Phi) is 2.45. The molecule has 1 aliphatic rings. The molecule has 0 aromatic heterocycles. The third-order valence-corrected chi connectivity index (χ3v) is 3.53. The lowest BCUT2D eigenvalue weighted by molar-refractivity contribution is -0.0991. The third-order valence-electron chi connectivity index (χ3n) is 3.53. The number of rotatable bonds is 1. The highest BCUT2D eigenvalue weighted by Crippen LogP contribution is 2.43. The van der Waals surface area contributed by atoms with E-state index in [1.54, 1.807) is 25.1 Å². The Morgan fingerprint density at radius 3 is 2.06 bits per heavy atom. The lowest BCUT2D eigenvalue weighted by Gasteiger charge is -2.45. The molecular formula is C14H18O3. The van der Waals surface area contributed by atoms with Crippen molar-refractivity contribution in [1.82, 2.24) is 0 Å². The molecule has 0 atom stereocenters. The van der Waals surface area contributed by atoms with Crippen LogP contribution in [0.3, 0.4) is 0 Å². The topological polar surface area (TPSA) is 35.5 Å². The summed E-state index contributed by atoms with van der Waals surface area (Å²) in [6.07, 6.45) is 0. The zero-order chi connectivity index (χ0) is 12.8. The van der Waals surface area contributed by atoms with Crippen molar-refractivity contribution in [2.45, 2.75) is 45.8 Å². The first kappa shape index (κ1) is 12.0. The third kappa shape index (κ3) is 1.90. The van der Waals surface area contributed by atoms with Gasteiger partial charge < -0.3 is 9.47 Å². The first-order valence-electron chi connectivity index (χ1n) is 5.76. The van der Waals surface area contributed by atoms with Crippen LogP contribution in [-0.4, -0.2) is 17.0 Å². The average Bonchev–Trinajstić information content (AvgIpc) is 2.17. The summed E-state index contributed by atoms with van der Waals surface area (Å²) < 4.78 is 11.9. The Hall–Kier alpha value is -1.51. The number of hydrogen-bond acceptors (Lipinski definition) is 3. The quantitative estimate of drug-likeness (QED) is 0.700. The summed E-state index contributed by atoms with van der Waals surface area (Å²) in [7, 11) is 0. The number of carbonyl (C=O) groups is 1. The summed E-state index contributed by atoms with van der Waals surface area (Å²) in [5, 5.41) is 0. The van der Waals surface area contributed by atoms with Gasteiger partial charge in [0.25, 0.3) is 0 Å². The summed E-state index contributed by atoms with van der Waals surface area (Å²) in [6.45, 7) is 9.50. The van der Waals surface area contributed by atoms with Gasteiger partial charge in [0, 0.05) is 5.56 Å². The smallest absolute Gasteiger partial charge is 0.162 e. The highest BCUT2D eigenvalue weighted by Gasteiger charge is 2.45. The van der Waals surface area contributed by atoms with Gasteiger partial charge in [-0.15, -0.1) is 0 Å². The van der Waals surface area contributed by atoms with Crippen LogP contribution in [0.15, 0.2) is 18.2 Å². The summed E-state index contributed by atoms with van der Waals surface area (Å²) in [5.74, 6) is 1.36. The molecule has 0 N–H and O–H groups in total. The van der Waals surface area contributed by atoms with Crippen molar-refractivity contribution in [2.24, 2.45) is 0 Å². The number of carbonyl (C=O) groups excluding carboxylic acids is 1. The molecule has 0 aliphatic carbocycles. The van der Waals surface area contributed by atoms with Gasteiger partial charge in [-0.1, -0.05) is 0 Å². The Balaban J connectivity index is 2.47. The molecule has 2 rings (SSSR count). The predicted molar refractivity (Wildman–Crippen MR) is 65.9 cm³/mol. The van der Waals surface area contributed by atoms with Crippen molar-refractivity contribution < 1.29 is 14.3 Å². The van der Waals surface area contributed by atoms with Crippen LogP contribution in [-0.2, 0) is 0 Å². The van der Waals surface area contributed by atoms with E-state index < -0.39 is 11.2 Å². The van der Waals surface area contributed by atoms with Gasteiger partial charge in [0.15, 0.2) is 17.3 Å². The van der Waals surface area contributed by atoms with E-state index in [-0.39, 0.29) is 5.78 Å². The monoisotopic (exact) mass is 234 g/mol. The molecule has 3 heteroatoms. The van der Waals surface area contributed by atoms with Crippen molar-refractivity contribution in [2.75, 3.05) is 0 Å². The molecule has 92 valence electrons. The van der Waals surface area contributed by atoms with E-state index in [0.717, 1.165) is 0 Å². The molecular weight excluding hydrogens is 216 g/mol. The van der Waals surface area contributed by atoms with E-state index in [2.05, 4.69) is 0 Å². The SMILES string of the molecule is CC(=O)c1ccc2c(c1)OC(C)(C)C(C)(C)O2. The second-order valence-corrected chi connectivity index (χ2v) is 5.44. The van der Waals surface area contributed by atoms with Gasteiger partial charge >= 0.3 is 0 Å². The standard InChI is InChI=1S/C14H18O3/c1-9(15)10-6-7-11-12(8-10)17-14(4,5)13(2,3)16-11/h6-8H,1-5H3. The highest BCUT2D eigenvalue weighted by atomic mass is 16.6. The highest BCUT2D eigenvalue weighted by molar-refractivity contribution is 5.94. The number of ketones is 1. The second-order valence-electron chi connectivity index (χ2n) is 5.44. The Labute approximate surface area is 102 Å². The van der Waals surface area contributed by atoms with Crippen LogP contribution in [0, 0.1) is 0 Å². The van der Waals surface area contributed by atoms with Gasteiger partial charge in [-0.05, 0) is 52.8 Å². The van der Waals surface area contributed by atoms with E-state index in [4.69, 9.17) is 9.47 Å². The molecule has 0 saturated heterocycles. The Morgan fingerprint density at radius 2 is 1.53 bits per heavy atom. The second kappa shape index (κ2) is 3.49. The predicted octanol–water partition coefficient (Wildman–Crippen LogP) is 3.22. The normalized spacial score (nSPS) is 19.8. The van der Waals surface area contributed by atoms with Gasteiger partial charge in [0.2, 0.25) is 0 Å². The number of ether oxygens (including phenoxy) is 2. The molecule has 0 bridgehead atoms. The molecule has 0 spiro atoms. The van der Waals surface area contributed by atoms with Crippen molar-refractivity contribution in [1.29, 1.82) is 0 Å². The van der Waals surface area contributed by atoms with E-state index in [1.807, 2.05) is 27.7 Å². The van der Waals surface area contributed by atoms with Crippen LogP contribution < -0.4 is 9.47 Å². The fourth-order valence-electron chi connectivity index (χ4n) is 1.69. The number of Topliss-reactive ketones (excluding diaryl/α,β-unsaturated/α-hetero) is 1. The lowest BCUT2D eigenvalue weighted by Crippen LogP contribution is -2.56. The molecule has 3 nitrogen and oxygen atoms in total. The van der Waals surface area contributed by atoms with Crippen LogP contribution in [0.5, 0.6) is 11.5 Å². The van der Waals surface area contributed by atoms with Crippen LogP contribution in [0.1, 0.15) is 45.0 Å². The summed E-state index contributed by atoms with van der Waals surface area (Å²) >= 11 is 0. The maximum atomic E-state index is 11.3. The van der Waals surface area contributed by atoms with Gasteiger partial charge in [0.05, 0.1) is 0 Å². The Morgan fingerprint density at radius 1 is 1.00 bits per heavy atom. The summed E-state index contributed by atoms with van der Waals surface area (Å²) in [4.78, 5) is 11.3. The van der Waals surface area contributed by atoms with Gasteiger partial charge in [-0.2, -0.15) is 0 Å². The molecule has 1 aromatic rings. The van der Waals surface area contributed by atoms with E-state index in [9.17, 15) is 4.79 Å². The molecule has 0 saturated carbocycles. The van der Waals surface area contributed by atoms with E-state index in [1.165, 1.54) is 0 Å². The first-order valence-corrected chi connectivity index (χ1v) is 5.76. The van der Waals surface area contributed by atoms with Crippen LogP contribution in [0.25, 0.3) is 0 Å². The first-order chi connectivity index (χ1) is 7.73. The molecule has 0 unspecified atom stereocenters. The van der Waals surface area contributed by atoms with E-state index in [0.29, 0.717) is 17.1 Å². The van der Waals surface area contributed by atoms with Gasteiger partial charge in [0.1, 0.15) is 11.2 Å². The summed E-state index contributed by atoms with van der Waals surface area (Å²) in [5.41, 5.74) is -0.199. The van der Waals surface area contributed by atoms with Crippen molar-refractivity contribution >= 4 is 5.78 Å². The van der Waals surface area contributed by atoms with Crippen LogP contribution >= 0.6 is 0 Å². The minimum absolute atomic E-state index is 0.0269. The maximum Gasteiger partial charge on any atom is 0.162 e. The Bertz CT molecular complexity index is 472. The van der Waals surface area contributed by atoms with Crippen molar-refractivity contribution in [3.8, 4) is 11.5 Å². The fourth-order valence-corrected chi connectivity index (χ4v) is 1.69. The largest absolute Gasteiger partial charge is 0.480 e. The van der Waals surface area contributed by atoms with E-state index >= 15 is 0 Å². The van der Waals surface area contributed by atoms with Crippen molar-refractivity contribution in [3.63, 3.8) is 0 Å². The molecule has 1 aliphatic heterocycles. The van der Waals surface area contributed by atoms with Crippen molar-refractivity contribution in [3.05, 3.63) is 23.8 Å². The maximum absolute atomic E-state index is 11.3. The van der Waals surface area contributed by atoms with Gasteiger partial charge in [-0.3, -0.25) is 4.79 Å². The van der Waals surface area contributed by atoms with Crippen LogP contribution in [0.2, 0.25) is 0 Å². The number of fused-ring (bicyclic) bond motifs is 1.